The van der Waals surface area contributed by atoms with Crippen molar-refractivity contribution >= 4 is 21.9 Å². The van der Waals surface area contributed by atoms with Gasteiger partial charge in [0.25, 0.3) is 0 Å². The molecule has 0 spiro atoms. The third-order valence-electron chi connectivity index (χ3n) is 1.64. The van der Waals surface area contributed by atoms with Crippen LogP contribution in [0.15, 0.2) is 16.7 Å². The highest BCUT2D eigenvalue weighted by Gasteiger charge is 2.33. The number of hydrogen-bond donors (Lipinski definition) is 0. The number of nitrogens with zero attached hydrogens (tertiary/aromatic N) is 1. The predicted molar refractivity (Wildman–Crippen MR) is 52.9 cm³/mol. The summed E-state index contributed by atoms with van der Waals surface area (Å²) < 4.78 is 41.4. The van der Waals surface area contributed by atoms with Crippen molar-refractivity contribution in [2.24, 2.45) is 0 Å². The van der Waals surface area contributed by atoms with E-state index in [9.17, 15) is 18.0 Å². The molecule has 1 rings (SSSR count). The van der Waals surface area contributed by atoms with Crippen LogP contribution in [0.25, 0.3) is 0 Å². The first-order chi connectivity index (χ1) is 7.36. The maximum atomic E-state index is 12.2. The summed E-state index contributed by atoms with van der Waals surface area (Å²) in [5, 5.41) is 0. The monoisotopic (exact) mass is 297 g/mol. The number of aromatic nitrogens is 1. The fraction of sp³-hybridized carbons (Fsp3) is 0.333. The van der Waals surface area contributed by atoms with Gasteiger partial charge in [0.1, 0.15) is 5.69 Å². The molecule has 1 aromatic rings. The Morgan fingerprint density at radius 1 is 1.56 bits per heavy atom. The summed E-state index contributed by atoms with van der Waals surface area (Å²) >= 11 is 2.87. The topological polar surface area (TPSA) is 39.2 Å². The van der Waals surface area contributed by atoms with Crippen molar-refractivity contribution in [2.75, 3.05) is 6.61 Å². The van der Waals surface area contributed by atoms with Crippen LogP contribution in [0.5, 0.6) is 0 Å². The zero-order chi connectivity index (χ0) is 12.3. The van der Waals surface area contributed by atoms with Gasteiger partial charge in [0.2, 0.25) is 0 Å². The normalized spacial score (nSPS) is 11.3. The van der Waals surface area contributed by atoms with Crippen molar-refractivity contribution in [3.8, 4) is 0 Å². The van der Waals surface area contributed by atoms with Crippen LogP contribution in [-0.4, -0.2) is 17.6 Å². The molecule has 0 atom stereocenters. The second-order valence-electron chi connectivity index (χ2n) is 2.77. The van der Waals surface area contributed by atoms with Crippen molar-refractivity contribution in [3.63, 3.8) is 0 Å². The molecule has 0 amide bonds. The molecule has 0 N–H and O–H groups in total. The lowest BCUT2D eigenvalue weighted by Gasteiger charge is -2.08. The van der Waals surface area contributed by atoms with Gasteiger partial charge >= 0.3 is 12.1 Å². The van der Waals surface area contributed by atoms with Gasteiger partial charge in [-0.15, -0.1) is 0 Å². The van der Waals surface area contributed by atoms with Gasteiger partial charge in [-0.25, -0.2) is 4.79 Å². The third-order valence-corrected chi connectivity index (χ3v) is 2.30. The Kier molecular flexibility index (Phi) is 3.90. The quantitative estimate of drug-likeness (QED) is 0.788. The molecule has 0 saturated carbocycles. The van der Waals surface area contributed by atoms with E-state index in [1.165, 1.54) is 0 Å². The third kappa shape index (κ3) is 2.94. The molecule has 0 aliphatic heterocycles. The minimum absolute atomic E-state index is 0.00766. The van der Waals surface area contributed by atoms with Gasteiger partial charge in [-0.2, -0.15) is 13.2 Å². The molecular weight excluding hydrogens is 291 g/mol. The van der Waals surface area contributed by atoms with E-state index < -0.39 is 17.8 Å². The Hall–Kier alpha value is -1.11. The number of rotatable bonds is 2. The standard InChI is InChI=1S/C9H7BrF3NO2/c1-2-16-8(15)5-4-14-7(3-6(5)10)9(11,12)13/h3-4H,2H2,1H3. The number of hydrogen-bond acceptors (Lipinski definition) is 3. The first-order valence-corrected chi connectivity index (χ1v) is 5.05. The summed E-state index contributed by atoms with van der Waals surface area (Å²) in [6.45, 7) is 1.75. The number of pyridine rings is 1. The number of ether oxygens (including phenoxy) is 1. The summed E-state index contributed by atoms with van der Waals surface area (Å²) in [5.74, 6) is -0.712. The lowest BCUT2D eigenvalue weighted by atomic mass is 10.2. The summed E-state index contributed by atoms with van der Waals surface area (Å²) in [7, 11) is 0. The van der Waals surface area contributed by atoms with Crippen LogP contribution in [0.4, 0.5) is 13.2 Å². The Morgan fingerprint density at radius 3 is 2.62 bits per heavy atom. The maximum absolute atomic E-state index is 12.2. The van der Waals surface area contributed by atoms with E-state index in [1.807, 2.05) is 0 Å². The van der Waals surface area contributed by atoms with Crippen LogP contribution in [0.3, 0.4) is 0 Å². The van der Waals surface area contributed by atoms with Crippen LogP contribution in [0.1, 0.15) is 23.0 Å². The second kappa shape index (κ2) is 4.82. The van der Waals surface area contributed by atoms with Gasteiger partial charge in [0.05, 0.1) is 12.2 Å². The zero-order valence-electron chi connectivity index (χ0n) is 8.14. The highest BCUT2D eigenvalue weighted by atomic mass is 79.9. The van der Waals surface area contributed by atoms with Gasteiger partial charge in [-0.05, 0) is 28.9 Å². The van der Waals surface area contributed by atoms with Gasteiger partial charge in [0, 0.05) is 10.7 Å². The minimum Gasteiger partial charge on any atom is -0.462 e. The number of carbonyl (C=O) groups excluding carboxylic acids is 1. The molecule has 88 valence electrons. The van der Waals surface area contributed by atoms with Gasteiger partial charge in [-0.1, -0.05) is 0 Å². The summed E-state index contributed by atoms with van der Waals surface area (Å²) in [4.78, 5) is 14.4. The van der Waals surface area contributed by atoms with Gasteiger partial charge in [0.15, 0.2) is 0 Å². The van der Waals surface area contributed by atoms with Crippen LogP contribution >= 0.6 is 15.9 Å². The molecule has 0 aromatic carbocycles. The number of alkyl halides is 3. The first kappa shape index (κ1) is 13.0. The summed E-state index contributed by atoms with van der Waals surface area (Å²) in [5.41, 5.74) is -1.10. The molecule has 0 radical (unpaired) electrons. The lowest BCUT2D eigenvalue weighted by Crippen LogP contribution is -2.11. The second-order valence-corrected chi connectivity index (χ2v) is 3.62. The minimum atomic E-state index is -4.53. The van der Waals surface area contributed by atoms with E-state index in [4.69, 9.17) is 0 Å². The molecule has 0 bridgehead atoms. The van der Waals surface area contributed by atoms with E-state index in [-0.39, 0.29) is 16.6 Å². The van der Waals surface area contributed by atoms with Crippen molar-refractivity contribution in [2.45, 2.75) is 13.1 Å². The van der Waals surface area contributed by atoms with Crippen molar-refractivity contribution in [1.29, 1.82) is 0 Å². The van der Waals surface area contributed by atoms with Crippen molar-refractivity contribution in [1.82, 2.24) is 4.98 Å². The molecule has 7 heteroatoms. The first-order valence-electron chi connectivity index (χ1n) is 4.26. The van der Waals surface area contributed by atoms with E-state index in [0.717, 1.165) is 12.3 Å². The Balaban J connectivity index is 3.05. The molecule has 0 saturated heterocycles. The fourth-order valence-electron chi connectivity index (χ4n) is 0.945. The number of carbonyl (C=O) groups is 1. The average Bonchev–Trinajstić information content (AvgIpc) is 2.16. The molecule has 1 aromatic heterocycles. The highest BCUT2D eigenvalue weighted by molar-refractivity contribution is 9.10. The highest BCUT2D eigenvalue weighted by Crippen LogP contribution is 2.30. The number of halogens is 4. The van der Waals surface area contributed by atoms with Crippen LogP contribution in [0.2, 0.25) is 0 Å². The van der Waals surface area contributed by atoms with Crippen LogP contribution in [-0.2, 0) is 10.9 Å². The number of esters is 1. The molecule has 0 unspecified atom stereocenters. The fourth-order valence-corrected chi connectivity index (χ4v) is 1.43. The van der Waals surface area contributed by atoms with Gasteiger partial charge < -0.3 is 4.74 Å². The summed E-state index contributed by atoms with van der Waals surface area (Å²) in [6, 6.07) is 0.742. The summed E-state index contributed by atoms with van der Waals surface area (Å²) in [6.07, 6.45) is -3.69. The molecule has 0 aliphatic carbocycles. The van der Waals surface area contributed by atoms with E-state index in [2.05, 4.69) is 25.7 Å². The van der Waals surface area contributed by atoms with Crippen molar-refractivity contribution < 1.29 is 22.7 Å². The Bertz CT molecular complexity index is 406. The van der Waals surface area contributed by atoms with E-state index in [1.54, 1.807) is 6.92 Å². The van der Waals surface area contributed by atoms with Crippen molar-refractivity contribution in [3.05, 3.63) is 28.0 Å². The van der Waals surface area contributed by atoms with Crippen LogP contribution < -0.4 is 0 Å². The molecule has 16 heavy (non-hydrogen) atoms. The van der Waals surface area contributed by atoms with Crippen LogP contribution in [0, 0.1) is 0 Å². The Labute approximate surface area is 97.8 Å². The molecule has 3 nitrogen and oxygen atoms in total. The van der Waals surface area contributed by atoms with E-state index >= 15 is 0 Å². The predicted octanol–water partition coefficient (Wildman–Crippen LogP) is 3.04. The maximum Gasteiger partial charge on any atom is 0.433 e. The van der Waals surface area contributed by atoms with Gasteiger partial charge in [-0.3, -0.25) is 4.98 Å². The Morgan fingerprint density at radius 2 is 2.19 bits per heavy atom. The smallest absolute Gasteiger partial charge is 0.433 e. The molecule has 0 aliphatic rings. The molecular formula is C9H7BrF3NO2. The molecule has 1 heterocycles. The zero-order valence-corrected chi connectivity index (χ0v) is 9.72. The van der Waals surface area contributed by atoms with E-state index in [0.29, 0.717) is 0 Å². The lowest BCUT2D eigenvalue weighted by molar-refractivity contribution is -0.141. The SMILES string of the molecule is CCOC(=O)c1cnc(C(F)(F)F)cc1Br. The average molecular weight is 298 g/mol. The largest absolute Gasteiger partial charge is 0.462 e. The molecule has 0 fully saturated rings.